The maximum absolute atomic E-state index is 3.88. The Morgan fingerprint density at radius 2 is 1.82 bits per heavy atom. The van der Waals surface area contributed by atoms with Crippen LogP contribution in [-0.2, 0) is 0 Å². The molecule has 1 N–H and O–H groups in total. The van der Waals surface area contributed by atoms with Gasteiger partial charge in [0.05, 0.1) is 0 Å². The molecule has 98 valence electrons. The summed E-state index contributed by atoms with van der Waals surface area (Å²) in [4.78, 5) is 2.85. The summed E-state index contributed by atoms with van der Waals surface area (Å²) in [6, 6.07) is 1.52. The standard InChI is InChI=1S/C15H28N2/c1-12(2)17-10-14(13-6-7-13)16-11-15(17)8-4-3-5-9-15/h12-14,16H,3-11H2,1-2H3. The highest BCUT2D eigenvalue weighted by Crippen LogP contribution is 2.40. The van der Waals surface area contributed by atoms with Crippen LogP contribution in [0, 0.1) is 5.92 Å². The van der Waals surface area contributed by atoms with E-state index in [2.05, 4.69) is 24.1 Å². The lowest BCUT2D eigenvalue weighted by molar-refractivity contribution is -0.0161. The zero-order valence-corrected chi connectivity index (χ0v) is 11.5. The van der Waals surface area contributed by atoms with Crippen molar-refractivity contribution in [3.05, 3.63) is 0 Å². The molecule has 1 heterocycles. The van der Waals surface area contributed by atoms with E-state index in [4.69, 9.17) is 0 Å². The van der Waals surface area contributed by atoms with Crippen molar-refractivity contribution in [3.63, 3.8) is 0 Å². The van der Waals surface area contributed by atoms with Crippen molar-refractivity contribution in [2.45, 2.75) is 76.4 Å². The van der Waals surface area contributed by atoms with E-state index >= 15 is 0 Å². The highest BCUT2D eigenvalue weighted by atomic mass is 15.3. The van der Waals surface area contributed by atoms with E-state index in [1.807, 2.05) is 0 Å². The summed E-state index contributed by atoms with van der Waals surface area (Å²) in [7, 11) is 0. The van der Waals surface area contributed by atoms with Crippen molar-refractivity contribution in [2.24, 2.45) is 5.92 Å². The van der Waals surface area contributed by atoms with Gasteiger partial charge in [-0.15, -0.1) is 0 Å². The Balaban J connectivity index is 1.73. The third-order valence-electron chi connectivity index (χ3n) is 5.29. The summed E-state index contributed by atoms with van der Waals surface area (Å²) in [5.74, 6) is 0.997. The van der Waals surface area contributed by atoms with Gasteiger partial charge in [-0.1, -0.05) is 19.3 Å². The molecule has 0 bridgehead atoms. The Morgan fingerprint density at radius 3 is 2.41 bits per heavy atom. The number of nitrogens with zero attached hydrogens (tertiary/aromatic N) is 1. The normalized spacial score (nSPS) is 34.4. The highest BCUT2D eigenvalue weighted by molar-refractivity contribution is 5.04. The highest BCUT2D eigenvalue weighted by Gasteiger charge is 2.46. The summed E-state index contributed by atoms with van der Waals surface area (Å²) in [5, 5.41) is 3.88. The van der Waals surface area contributed by atoms with Gasteiger partial charge in [0.1, 0.15) is 0 Å². The van der Waals surface area contributed by atoms with Gasteiger partial charge in [0.15, 0.2) is 0 Å². The van der Waals surface area contributed by atoms with Crippen molar-refractivity contribution in [3.8, 4) is 0 Å². The SMILES string of the molecule is CC(C)N1CC(C2CC2)NCC12CCCCC2. The fourth-order valence-electron chi connectivity index (χ4n) is 4.14. The first-order valence-electron chi connectivity index (χ1n) is 7.71. The number of hydrogen-bond donors (Lipinski definition) is 1. The van der Waals surface area contributed by atoms with E-state index in [0.717, 1.165) is 18.0 Å². The minimum atomic E-state index is 0.512. The van der Waals surface area contributed by atoms with Crippen molar-refractivity contribution >= 4 is 0 Å². The molecule has 0 aromatic rings. The van der Waals surface area contributed by atoms with Gasteiger partial charge in [-0.05, 0) is 45.4 Å². The molecule has 2 aliphatic carbocycles. The van der Waals surface area contributed by atoms with Gasteiger partial charge < -0.3 is 5.32 Å². The number of hydrogen-bond acceptors (Lipinski definition) is 2. The summed E-state index contributed by atoms with van der Waals surface area (Å²) in [6.45, 7) is 7.35. The van der Waals surface area contributed by atoms with Crippen molar-refractivity contribution < 1.29 is 0 Å². The van der Waals surface area contributed by atoms with E-state index < -0.39 is 0 Å². The van der Waals surface area contributed by atoms with Gasteiger partial charge >= 0.3 is 0 Å². The molecule has 1 unspecified atom stereocenters. The lowest BCUT2D eigenvalue weighted by atomic mass is 9.77. The maximum atomic E-state index is 3.88. The largest absolute Gasteiger partial charge is 0.311 e. The third-order valence-corrected chi connectivity index (χ3v) is 5.29. The van der Waals surface area contributed by atoms with Crippen LogP contribution in [0.25, 0.3) is 0 Å². The van der Waals surface area contributed by atoms with E-state index in [-0.39, 0.29) is 0 Å². The van der Waals surface area contributed by atoms with Crippen LogP contribution in [0.3, 0.4) is 0 Å². The third kappa shape index (κ3) is 2.26. The van der Waals surface area contributed by atoms with Gasteiger partial charge in [-0.3, -0.25) is 4.90 Å². The lowest BCUT2D eigenvalue weighted by Gasteiger charge is -2.54. The summed E-state index contributed by atoms with van der Waals surface area (Å²) in [5.41, 5.74) is 0.512. The average Bonchev–Trinajstić information content (AvgIpc) is 3.14. The molecule has 1 aliphatic heterocycles. The first-order valence-corrected chi connectivity index (χ1v) is 7.71. The Hall–Kier alpha value is -0.0800. The maximum Gasteiger partial charge on any atom is 0.0337 e. The quantitative estimate of drug-likeness (QED) is 0.793. The van der Waals surface area contributed by atoms with Gasteiger partial charge in [-0.2, -0.15) is 0 Å². The van der Waals surface area contributed by atoms with E-state index in [0.29, 0.717) is 5.54 Å². The topological polar surface area (TPSA) is 15.3 Å². The molecule has 1 spiro atoms. The molecule has 17 heavy (non-hydrogen) atoms. The van der Waals surface area contributed by atoms with Crippen molar-refractivity contribution in [2.75, 3.05) is 13.1 Å². The fourth-order valence-corrected chi connectivity index (χ4v) is 4.14. The average molecular weight is 236 g/mol. The second kappa shape index (κ2) is 4.55. The lowest BCUT2D eigenvalue weighted by Crippen LogP contribution is -2.67. The number of rotatable bonds is 2. The van der Waals surface area contributed by atoms with Crippen LogP contribution in [0.2, 0.25) is 0 Å². The molecule has 2 saturated carbocycles. The molecule has 1 saturated heterocycles. The van der Waals surface area contributed by atoms with Crippen LogP contribution in [-0.4, -0.2) is 35.6 Å². The van der Waals surface area contributed by atoms with Crippen LogP contribution in [0.1, 0.15) is 58.8 Å². The van der Waals surface area contributed by atoms with Gasteiger partial charge in [0.25, 0.3) is 0 Å². The van der Waals surface area contributed by atoms with Crippen LogP contribution in [0.4, 0.5) is 0 Å². The van der Waals surface area contributed by atoms with Crippen LogP contribution in [0.5, 0.6) is 0 Å². The molecule has 0 radical (unpaired) electrons. The van der Waals surface area contributed by atoms with E-state index in [9.17, 15) is 0 Å². The molecule has 0 amide bonds. The first-order chi connectivity index (χ1) is 8.21. The Morgan fingerprint density at radius 1 is 1.12 bits per heavy atom. The summed E-state index contributed by atoms with van der Waals surface area (Å²) >= 11 is 0. The molecule has 2 heteroatoms. The molecular formula is C15H28N2. The fraction of sp³-hybridized carbons (Fsp3) is 1.00. The molecule has 3 fully saturated rings. The number of piperazine rings is 1. The Bertz CT molecular complexity index is 264. The minimum Gasteiger partial charge on any atom is -0.311 e. The van der Waals surface area contributed by atoms with Crippen LogP contribution < -0.4 is 5.32 Å². The molecule has 2 nitrogen and oxygen atoms in total. The second-order valence-corrected chi connectivity index (χ2v) is 6.86. The van der Waals surface area contributed by atoms with Gasteiger partial charge in [0, 0.05) is 30.7 Å². The minimum absolute atomic E-state index is 0.512. The van der Waals surface area contributed by atoms with Crippen LogP contribution in [0.15, 0.2) is 0 Å². The Labute approximate surface area is 106 Å². The van der Waals surface area contributed by atoms with Crippen LogP contribution >= 0.6 is 0 Å². The van der Waals surface area contributed by atoms with E-state index in [1.54, 1.807) is 0 Å². The second-order valence-electron chi connectivity index (χ2n) is 6.86. The first kappa shape index (κ1) is 12.0. The molecular weight excluding hydrogens is 208 g/mol. The monoisotopic (exact) mass is 236 g/mol. The molecule has 3 rings (SSSR count). The number of nitrogens with one attached hydrogen (secondary N) is 1. The van der Waals surface area contributed by atoms with Crippen molar-refractivity contribution in [1.29, 1.82) is 0 Å². The predicted molar refractivity (Wildman–Crippen MR) is 72.2 cm³/mol. The molecule has 0 aromatic heterocycles. The van der Waals surface area contributed by atoms with E-state index in [1.165, 1.54) is 58.0 Å². The summed E-state index contributed by atoms with van der Waals surface area (Å²) in [6.07, 6.45) is 10.1. The molecule has 1 atom stereocenters. The van der Waals surface area contributed by atoms with Gasteiger partial charge in [0.2, 0.25) is 0 Å². The zero-order chi connectivity index (χ0) is 11.9. The molecule has 0 aromatic carbocycles. The predicted octanol–water partition coefficient (Wildman–Crippen LogP) is 2.78. The van der Waals surface area contributed by atoms with Gasteiger partial charge in [-0.25, -0.2) is 0 Å². The smallest absolute Gasteiger partial charge is 0.0337 e. The summed E-state index contributed by atoms with van der Waals surface area (Å²) < 4.78 is 0. The molecule has 3 aliphatic rings. The zero-order valence-electron chi connectivity index (χ0n) is 11.5. The Kier molecular flexibility index (Phi) is 3.20. The van der Waals surface area contributed by atoms with Crippen molar-refractivity contribution in [1.82, 2.24) is 10.2 Å².